The SMILES string of the molecule is CCc1nc(-c2ccc(C(=O)NC(CC)CCO)cc2)n[nH]1. The molecule has 0 bridgehead atoms. The molecule has 0 aliphatic carbocycles. The van der Waals surface area contributed by atoms with E-state index in [2.05, 4.69) is 20.5 Å². The van der Waals surface area contributed by atoms with Crippen LogP contribution in [0.2, 0.25) is 0 Å². The molecule has 0 aliphatic rings. The number of aliphatic hydroxyl groups is 1. The smallest absolute Gasteiger partial charge is 0.251 e. The normalized spacial score (nSPS) is 12.1. The van der Waals surface area contributed by atoms with Crippen LogP contribution in [0.3, 0.4) is 0 Å². The maximum atomic E-state index is 12.2. The Kier molecular flexibility index (Phi) is 5.66. The Hall–Kier alpha value is -2.21. The Balaban J connectivity index is 2.06. The Morgan fingerprint density at radius 3 is 2.59 bits per heavy atom. The molecule has 1 amide bonds. The molecule has 0 fully saturated rings. The predicted molar refractivity (Wildman–Crippen MR) is 84.4 cm³/mol. The van der Waals surface area contributed by atoms with Gasteiger partial charge in [-0.3, -0.25) is 9.89 Å². The fraction of sp³-hybridized carbons (Fsp3) is 0.438. The summed E-state index contributed by atoms with van der Waals surface area (Å²) in [7, 11) is 0. The van der Waals surface area contributed by atoms with E-state index in [1.54, 1.807) is 12.1 Å². The largest absolute Gasteiger partial charge is 0.396 e. The predicted octanol–water partition coefficient (Wildman–Crippen LogP) is 1.92. The van der Waals surface area contributed by atoms with Crippen molar-refractivity contribution in [3.8, 4) is 11.4 Å². The third-order valence-corrected chi connectivity index (χ3v) is 3.58. The van der Waals surface area contributed by atoms with E-state index in [0.29, 0.717) is 17.8 Å². The molecule has 1 aromatic heterocycles. The van der Waals surface area contributed by atoms with Gasteiger partial charge >= 0.3 is 0 Å². The Bertz CT molecular complexity index is 607. The maximum Gasteiger partial charge on any atom is 0.251 e. The van der Waals surface area contributed by atoms with Crippen LogP contribution in [0, 0.1) is 0 Å². The van der Waals surface area contributed by atoms with Gasteiger partial charge in [0.05, 0.1) is 0 Å². The highest BCUT2D eigenvalue weighted by Gasteiger charge is 2.12. The first-order chi connectivity index (χ1) is 10.7. The van der Waals surface area contributed by atoms with Gasteiger partial charge in [0.2, 0.25) is 0 Å². The molecule has 6 nitrogen and oxygen atoms in total. The van der Waals surface area contributed by atoms with E-state index in [1.807, 2.05) is 26.0 Å². The summed E-state index contributed by atoms with van der Waals surface area (Å²) in [6.07, 6.45) is 2.16. The first kappa shape index (κ1) is 16.2. The summed E-state index contributed by atoms with van der Waals surface area (Å²) < 4.78 is 0. The number of hydrogen-bond acceptors (Lipinski definition) is 4. The van der Waals surface area contributed by atoms with E-state index in [-0.39, 0.29) is 18.6 Å². The number of carbonyl (C=O) groups excluding carboxylic acids is 1. The first-order valence-corrected chi connectivity index (χ1v) is 7.61. The highest BCUT2D eigenvalue weighted by molar-refractivity contribution is 5.94. The van der Waals surface area contributed by atoms with E-state index in [1.165, 1.54) is 0 Å². The number of aliphatic hydroxyl groups excluding tert-OH is 1. The number of H-pyrrole nitrogens is 1. The summed E-state index contributed by atoms with van der Waals surface area (Å²) in [5, 5.41) is 18.9. The zero-order valence-corrected chi connectivity index (χ0v) is 13.0. The minimum Gasteiger partial charge on any atom is -0.396 e. The van der Waals surface area contributed by atoms with E-state index < -0.39 is 0 Å². The number of hydrogen-bond donors (Lipinski definition) is 3. The molecule has 0 spiro atoms. The molecule has 1 unspecified atom stereocenters. The van der Waals surface area contributed by atoms with Gasteiger partial charge in [0, 0.05) is 30.2 Å². The molecule has 1 atom stereocenters. The number of nitrogens with zero attached hydrogens (tertiary/aromatic N) is 2. The van der Waals surface area contributed by atoms with Crippen molar-refractivity contribution in [2.24, 2.45) is 0 Å². The van der Waals surface area contributed by atoms with Crippen LogP contribution < -0.4 is 5.32 Å². The summed E-state index contributed by atoms with van der Waals surface area (Å²) in [5.74, 6) is 1.35. The van der Waals surface area contributed by atoms with E-state index >= 15 is 0 Å². The van der Waals surface area contributed by atoms with Crippen molar-refractivity contribution in [1.29, 1.82) is 0 Å². The van der Waals surface area contributed by atoms with E-state index in [4.69, 9.17) is 5.11 Å². The van der Waals surface area contributed by atoms with Gasteiger partial charge in [-0.05, 0) is 25.0 Å². The molecule has 0 saturated carbocycles. The van der Waals surface area contributed by atoms with Gasteiger partial charge in [0.25, 0.3) is 5.91 Å². The molecule has 0 saturated heterocycles. The van der Waals surface area contributed by atoms with Crippen LogP contribution in [0.1, 0.15) is 42.9 Å². The van der Waals surface area contributed by atoms with Crippen LogP contribution in [-0.4, -0.2) is 38.8 Å². The van der Waals surface area contributed by atoms with Crippen LogP contribution >= 0.6 is 0 Å². The summed E-state index contributed by atoms with van der Waals surface area (Å²) in [6, 6.07) is 7.20. The van der Waals surface area contributed by atoms with Gasteiger partial charge in [-0.1, -0.05) is 26.0 Å². The minimum absolute atomic E-state index is 0.00250. The van der Waals surface area contributed by atoms with E-state index in [9.17, 15) is 4.79 Å². The zero-order chi connectivity index (χ0) is 15.9. The molecule has 6 heteroatoms. The van der Waals surface area contributed by atoms with Gasteiger partial charge in [0.15, 0.2) is 5.82 Å². The number of benzene rings is 1. The highest BCUT2D eigenvalue weighted by Crippen LogP contribution is 2.16. The fourth-order valence-electron chi connectivity index (χ4n) is 2.16. The fourth-order valence-corrected chi connectivity index (χ4v) is 2.16. The van der Waals surface area contributed by atoms with Crippen LogP contribution in [0.4, 0.5) is 0 Å². The second-order valence-electron chi connectivity index (χ2n) is 5.13. The lowest BCUT2D eigenvalue weighted by molar-refractivity contribution is 0.0929. The standard InChI is InChI=1S/C16H22N4O2/c1-3-13(9-10-21)17-16(22)12-7-5-11(6-8-12)15-18-14(4-2)19-20-15/h5-8,13,21H,3-4,9-10H2,1-2H3,(H,17,22)(H,18,19,20). The van der Waals surface area contributed by atoms with Crippen LogP contribution in [-0.2, 0) is 6.42 Å². The van der Waals surface area contributed by atoms with Gasteiger partial charge < -0.3 is 10.4 Å². The minimum atomic E-state index is -0.129. The Morgan fingerprint density at radius 1 is 1.32 bits per heavy atom. The summed E-state index contributed by atoms with van der Waals surface area (Å²) >= 11 is 0. The monoisotopic (exact) mass is 302 g/mol. The molecule has 2 rings (SSSR count). The third-order valence-electron chi connectivity index (χ3n) is 3.58. The molecule has 22 heavy (non-hydrogen) atoms. The molecule has 0 aliphatic heterocycles. The van der Waals surface area contributed by atoms with E-state index in [0.717, 1.165) is 24.2 Å². The zero-order valence-electron chi connectivity index (χ0n) is 13.0. The molecule has 3 N–H and O–H groups in total. The average Bonchev–Trinajstić information content (AvgIpc) is 3.03. The second kappa shape index (κ2) is 7.70. The van der Waals surface area contributed by atoms with Gasteiger partial charge in [-0.15, -0.1) is 0 Å². The topological polar surface area (TPSA) is 90.9 Å². The Labute approximate surface area is 130 Å². The quantitative estimate of drug-likeness (QED) is 0.729. The molecular formula is C16H22N4O2. The van der Waals surface area contributed by atoms with Crippen molar-refractivity contribution < 1.29 is 9.90 Å². The van der Waals surface area contributed by atoms with Gasteiger partial charge in [-0.25, -0.2) is 4.98 Å². The maximum absolute atomic E-state index is 12.2. The molecule has 1 aromatic carbocycles. The molecule has 1 heterocycles. The first-order valence-electron chi connectivity index (χ1n) is 7.61. The molecular weight excluding hydrogens is 280 g/mol. The summed E-state index contributed by atoms with van der Waals surface area (Å²) in [6.45, 7) is 4.06. The van der Waals surface area contributed by atoms with Crippen molar-refractivity contribution in [1.82, 2.24) is 20.5 Å². The van der Waals surface area contributed by atoms with Crippen LogP contribution in [0.15, 0.2) is 24.3 Å². The average molecular weight is 302 g/mol. The molecule has 118 valence electrons. The van der Waals surface area contributed by atoms with Crippen LogP contribution in [0.25, 0.3) is 11.4 Å². The van der Waals surface area contributed by atoms with Gasteiger partial charge in [0.1, 0.15) is 5.82 Å². The summed E-state index contributed by atoms with van der Waals surface area (Å²) in [4.78, 5) is 16.5. The van der Waals surface area contributed by atoms with Crippen molar-refractivity contribution in [2.75, 3.05) is 6.61 Å². The van der Waals surface area contributed by atoms with Crippen molar-refractivity contribution >= 4 is 5.91 Å². The Morgan fingerprint density at radius 2 is 2.05 bits per heavy atom. The lowest BCUT2D eigenvalue weighted by atomic mass is 10.1. The highest BCUT2D eigenvalue weighted by atomic mass is 16.3. The molecule has 0 radical (unpaired) electrons. The molecule has 2 aromatic rings. The van der Waals surface area contributed by atoms with Crippen molar-refractivity contribution in [3.63, 3.8) is 0 Å². The third kappa shape index (κ3) is 3.92. The number of aryl methyl sites for hydroxylation is 1. The number of aromatic nitrogens is 3. The number of aromatic amines is 1. The number of carbonyl (C=O) groups is 1. The summed E-state index contributed by atoms with van der Waals surface area (Å²) in [5.41, 5.74) is 1.46. The lowest BCUT2D eigenvalue weighted by Gasteiger charge is -2.15. The van der Waals surface area contributed by atoms with Crippen molar-refractivity contribution in [3.05, 3.63) is 35.7 Å². The number of amides is 1. The number of rotatable bonds is 7. The number of nitrogens with one attached hydrogen (secondary N) is 2. The second-order valence-corrected chi connectivity index (χ2v) is 5.13. The van der Waals surface area contributed by atoms with Crippen molar-refractivity contribution in [2.45, 2.75) is 39.2 Å². The lowest BCUT2D eigenvalue weighted by Crippen LogP contribution is -2.35. The van der Waals surface area contributed by atoms with Gasteiger partial charge in [-0.2, -0.15) is 5.10 Å². The van der Waals surface area contributed by atoms with Crippen LogP contribution in [0.5, 0.6) is 0 Å².